The number of carbonyl (C=O) groups excluding carboxylic acids is 1. The van der Waals surface area contributed by atoms with Gasteiger partial charge >= 0.3 is 0 Å². The van der Waals surface area contributed by atoms with Gasteiger partial charge < -0.3 is 29.2 Å². The maximum Gasteiger partial charge on any atom is 0.253 e. The van der Waals surface area contributed by atoms with Crippen LogP contribution in [0.5, 0.6) is 23.0 Å². The lowest BCUT2D eigenvalue weighted by Crippen LogP contribution is -2.39. The number of rotatable bonds is 14. The van der Waals surface area contributed by atoms with Gasteiger partial charge in [-0.1, -0.05) is 42.8 Å². The molecule has 3 rings (SSSR count). The minimum atomic E-state index is -0.242. The highest BCUT2D eigenvalue weighted by molar-refractivity contribution is 6.35. The number of nitrogens with one attached hydrogen (secondary N) is 1. The highest BCUT2D eigenvalue weighted by Crippen LogP contribution is 2.39. The molecule has 3 aromatic carbocycles. The first-order chi connectivity index (χ1) is 18.7. The minimum Gasteiger partial charge on any atom is -0.497 e. The van der Waals surface area contributed by atoms with Crippen LogP contribution in [0.15, 0.2) is 60.7 Å². The second kappa shape index (κ2) is 14.7. The Labute approximate surface area is 237 Å². The number of carbonyl (C=O) groups is 1. The zero-order valence-corrected chi connectivity index (χ0v) is 24.4. The van der Waals surface area contributed by atoms with Gasteiger partial charge in [-0.25, -0.2) is 0 Å². The predicted molar refractivity (Wildman–Crippen MR) is 155 cm³/mol. The molecule has 0 heterocycles. The van der Waals surface area contributed by atoms with Crippen molar-refractivity contribution in [1.29, 1.82) is 0 Å². The van der Waals surface area contributed by atoms with E-state index in [-0.39, 0.29) is 23.6 Å². The van der Waals surface area contributed by atoms with Gasteiger partial charge in [0.2, 0.25) is 0 Å². The molecule has 8 heteroatoms. The Kier molecular flexibility index (Phi) is 11.3. The Morgan fingerprint density at radius 3 is 1.90 bits per heavy atom. The zero-order chi connectivity index (χ0) is 28.4. The summed E-state index contributed by atoms with van der Waals surface area (Å²) in [7, 11) is 7.32. The van der Waals surface area contributed by atoms with E-state index in [4.69, 9.17) is 30.5 Å². The number of hydrogen-bond donors (Lipinski definition) is 1. The summed E-state index contributed by atoms with van der Waals surface area (Å²) in [5.41, 5.74) is 2.22. The van der Waals surface area contributed by atoms with E-state index < -0.39 is 0 Å². The minimum absolute atomic E-state index is 0.0145. The second-order valence-corrected chi connectivity index (χ2v) is 10.0. The summed E-state index contributed by atoms with van der Waals surface area (Å²) in [5.74, 6) is 2.06. The van der Waals surface area contributed by atoms with Crippen LogP contribution in [0.1, 0.15) is 48.2 Å². The third kappa shape index (κ3) is 8.53. The second-order valence-electron chi connectivity index (χ2n) is 9.65. The molecule has 0 fully saturated rings. The summed E-state index contributed by atoms with van der Waals surface area (Å²) in [6.45, 7) is 4.74. The Bertz CT molecular complexity index is 1200. The number of nitrogens with zero attached hydrogens (tertiary/aromatic N) is 1. The van der Waals surface area contributed by atoms with Gasteiger partial charge in [-0.2, -0.15) is 0 Å². The summed E-state index contributed by atoms with van der Waals surface area (Å²) in [4.78, 5) is 15.4. The molecule has 1 N–H and O–H groups in total. The van der Waals surface area contributed by atoms with Crippen LogP contribution in [0.4, 0.5) is 0 Å². The van der Waals surface area contributed by atoms with Crippen molar-refractivity contribution in [2.75, 3.05) is 28.3 Å². The van der Waals surface area contributed by atoms with Crippen molar-refractivity contribution < 1.29 is 23.7 Å². The third-order valence-electron chi connectivity index (χ3n) is 6.74. The van der Waals surface area contributed by atoms with Gasteiger partial charge in [-0.15, -0.1) is 0 Å². The van der Waals surface area contributed by atoms with Crippen molar-refractivity contribution in [2.45, 2.75) is 52.0 Å². The lowest BCUT2D eigenvalue weighted by molar-refractivity contribution is 0.0927. The van der Waals surface area contributed by atoms with E-state index in [1.54, 1.807) is 26.4 Å². The Morgan fingerprint density at radius 1 is 0.872 bits per heavy atom. The van der Waals surface area contributed by atoms with Crippen molar-refractivity contribution in [1.82, 2.24) is 10.2 Å². The number of ether oxygens (including phenoxy) is 4. The van der Waals surface area contributed by atoms with Crippen LogP contribution in [-0.4, -0.2) is 51.2 Å². The maximum atomic E-state index is 13.3. The lowest BCUT2D eigenvalue weighted by atomic mass is 10.0. The largest absolute Gasteiger partial charge is 0.497 e. The molecule has 0 unspecified atom stereocenters. The summed E-state index contributed by atoms with van der Waals surface area (Å²) in [6, 6.07) is 18.9. The Balaban J connectivity index is 1.83. The van der Waals surface area contributed by atoms with Crippen LogP contribution in [0, 0.1) is 0 Å². The fourth-order valence-corrected chi connectivity index (χ4v) is 4.23. The van der Waals surface area contributed by atoms with E-state index in [0.29, 0.717) is 29.7 Å². The van der Waals surface area contributed by atoms with E-state index in [9.17, 15) is 4.79 Å². The lowest BCUT2D eigenvalue weighted by Gasteiger charge is -2.26. The molecule has 0 saturated heterocycles. The zero-order valence-electron chi connectivity index (χ0n) is 23.6. The first kappa shape index (κ1) is 30.1. The molecule has 39 heavy (non-hydrogen) atoms. The van der Waals surface area contributed by atoms with Gasteiger partial charge in [-0.3, -0.25) is 4.79 Å². The molecule has 1 amide bonds. The summed E-state index contributed by atoms with van der Waals surface area (Å²) in [6.07, 6.45) is 1.64. The van der Waals surface area contributed by atoms with Gasteiger partial charge in [0, 0.05) is 12.1 Å². The summed E-state index contributed by atoms with van der Waals surface area (Å²) in [5, 5.41) is 3.35. The Morgan fingerprint density at radius 2 is 1.41 bits per heavy atom. The van der Waals surface area contributed by atoms with Gasteiger partial charge in [0.1, 0.15) is 24.7 Å². The van der Waals surface area contributed by atoms with Crippen LogP contribution in [0.25, 0.3) is 0 Å². The van der Waals surface area contributed by atoms with Crippen molar-refractivity contribution in [2.24, 2.45) is 0 Å². The topological polar surface area (TPSA) is 69.3 Å². The molecule has 0 radical (unpaired) electrons. The molecule has 0 aliphatic carbocycles. The average molecular weight is 555 g/mol. The van der Waals surface area contributed by atoms with Crippen molar-refractivity contribution in [3.05, 3.63) is 82.4 Å². The average Bonchev–Trinajstić information content (AvgIpc) is 2.95. The number of amides is 1. The fraction of sp³-hybridized carbons (Fsp3) is 0.387. The molecule has 0 saturated carbocycles. The number of hydrogen-bond acceptors (Lipinski definition) is 6. The van der Waals surface area contributed by atoms with E-state index in [2.05, 4.69) is 24.1 Å². The fourth-order valence-electron chi connectivity index (χ4n) is 3.94. The van der Waals surface area contributed by atoms with Crippen LogP contribution < -0.4 is 24.3 Å². The summed E-state index contributed by atoms with van der Waals surface area (Å²) < 4.78 is 22.8. The van der Waals surface area contributed by atoms with Gasteiger partial charge in [0.05, 0.1) is 24.8 Å². The molecule has 210 valence electrons. The van der Waals surface area contributed by atoms with E-state index in [1.807, 2.05) is 62.6 Å². The number of methoxy groups -OCH3 is 2. The quantitative estimate of drug-likeness (QED) is 0.250. The molecule has 0 aliphatic heterocycles. The Hall–Kier alpha value is -3.42. The first-order valence-corrected chi connectivity index (χ1v) is 13.4. The number of halogens is 1. The molecule has 0 spiro atoms. The highest BCUT2D eigenvalue weighted by atomic mass is 35.5. The molecule has 0 bridgehead atoms. The summed E-state index contributed by atoms with van der Waals surface area (Å²) >= 11 is 6.82. The smallest absolute Gasteiger partial charge is 0.253 e. The molecular formula is C31H39ClN2O5. The monoisotopic (exact) mass is 554 g/mol. The molecule has 3 aromatic rings. The van der Waals surface area contributed by atoms with E-state index >= 15 is 0 Å². The number of benzene rings is 3. The van der Waals surface area contributed by atoms with Crippen molar-refractivity contribution in [3.8, 4) is 23.0 Å². The van der Waals surface area contributed by atoms with Crippen LogP contribution in [-0.2, 0) is 13.2 Å². The van der Waals surface area contributed by atoms with E-state index in [0.717, 1.165) is 35.5 Å². The van der Waals surface area contributed by atoms with Gasteiger partial charge in [-0.05, 0) is 81.4 Å². The van der Waals surface area contributed by atoms with Gasteiger partial charge in [0.15, 0.2) is 11.5 Å². The first-order valence-electron chi connectivity index (χ1n) is 13.1. The van der Waals surface area contributed by atoms with Crippen molar-refractivity contribution >= 4 is 17.5 Å². The van der Waals surface area contributed by atoms with Crippen LogP contribution >= 0.6 is 11.6 Å². The molecule has 7 nitrogen and oxygen atoms in total. The SMILES string of the molecule is CC[C@H](C[C@@H](C)N(C)C)NC(=O)c1ccc(OCc2ccc(OC)cc2)c(OCc2ccc(OC)cc2)c1Cl. The van der Waals surface area contributed by atoms with E-state index in [1.165, 1.54) is 0 Å². The highest BCUT2D eigenvalue weighted by Gasteiger charge is 2.22. The molecule has 2 atom stereocenters. The molecule has 0 aromatic heterocycles. The molecular weight excluding hydrogens is 516 g/mol. The maximum absolute atomic E-state index is 13.3. The van der Waals surface area contributed by atoms with Crippen molar-refractivity contribution in [3.63, 3.8) is 0 Å². The third-order valence-corrected chi connectivity index (χ3v) is 7.11. The van der Waals surface area contributed by atoms with Gasteiger partial charge in [0.25, 0.3) is 5.91 Å². The van der Waals surface area contributed by atoms with Crippen LogP contribution in [0.2, 0.25) is 5.02 Å². The molecule has 0 aliphatic rings. The standard InChI is InChI=1S/C31H39ClN2O5/c1-7-24(18-21(2)34(3)4)33-31(35)27-16-17-28(38-19-22-8-12-25(36-5)13-9-22)30(29(27)32)39-20-23-10-14-26(37-6)15-11-23/h8-17,21,24H,7,18-20H2,1-6H3,(H,33,35)/t21-,24-/m1/s1. The van der Waals surface area contributed by atoms with Crippen LogP contribution in [0.3, 0.4) is 0 Å². The predicted octanol–water partition coefficient (Wildman–Crippen LogP) is 6.36. The normalized spacial score (nSPS) is 12.5.